The quantitative estimate of drug-likeness (QED) is 0.503. The summed E-state index contributed by atoms with van der Waals surface area (Å²) in [5.41, 5.74) is 1.94. The van der Waals surface area contributed by atoms with Crippen LogP contribution in [-0.4, -0.2) is 43.1 Å². The highest BCUT2D eigenvalue weighted by molar-refractivity contribution is 5.89. The molecule has 1 aromatic carbocycles. The summed E-state index contributed by atoms with van der Waals surface area (Å²) in [6, 6.07) is 8.33. The van der Waals surface area contributed by atoms with E-state index in [1.54, 1.807) is 7.05 Å². The lowest BCUT2D eigenvalue weighted by atomic mass is 10.0. The lowest BCUT2D eigenvalue weighted by Gasteiger charge is -2.19. The van der Waals surface area contributed by atoms with E-state index in [0.717, 1.165) is 49.6 Å². The van der Waals surface area contributed by atoms with Gasteiger partial charge in [0, 0.05) is 38.4 Å². The summed E-state index contributed by atoms with van der Waals surface area (Å²) >= 11 is 0. The third-order valence-corrected chi connectivity index (χ3v) is 4.82. The van der Waals surface area contributed by atoms with Gasteiger partial charge in [-0.3, -0.25) is 4.99 Å². The first-order valence-corrected chi connectivity index (χ1v) is 10.1. The van der Waals surface area contributed by atoms with Crippen molar-refractivity contribution in [3.63, 3.8) is 0 Å². The number of benzene rings is 1. The number of rotatable bonds is 7. The van der Waals surface area contributed by atoms with E-state index in [9.17, 15) is 4.79 Å². The first-order valence-electron chi connectivity index (χ1n) is 10.1. The molecule has 3 N–H and O–H groups in total. The van der Waals surface area contributed by atoms with Crippen molar-refractivity contribution in [3.8, 4) is 0 Å². The van der Waals surface area contributed by atoms with Crippen LogP contribution in [0.15, 0.2) is 29.3 Å². The van der Waals surface area contributed by atoms with Crippen LogP contribution in [0.1, 0.15) is 52.0 Å². The van der Waals surface area contributed by atoms with E-state index in [-0.39, 0.29) is 6.03 Å². The minimum Gasteiger partial charge on any atom is -0.354 e. The maximum atomic E-state index is 12.2. The average Bonchev–Trinajstić information content (AvgIpc) is 3.18. The number of anilines is 1. The minimum atomic E-state index is -0.00550. The van der Waals surface area contributed by atoms with Crippen LogP contribution in [0.25, 0.3) is 0 Å². The molecule has 6 nitrogen and oxygen atoms in total. The Hall–Kier alpha value is -2.24. The number of urea groups is 1. The fraction of sp³-hybridized carbons (Fsp3) is 0.619. The van der Waals surface area contributed by atoms with Gasteiger partial charge in [0.2, 0.25) is 0 Å². The normalized spacial score (nSPS) is 15.7. The molecule has 0 spiro atoms. The van der Waals surface area contributed by atoms with E-state index in [4.69, 9.17) is 0 Å². The second-order valence-electron chi connectivity index (χ2n) is 7.77. The molecule has 0 aromatic heterocycles. The summed E-state index contributed by atoms with van der Waals surface area (Å²) in [5.74, 6) is 1.51. The van der Waals surface area contributed by atoms with E-state index >= 15 is 0 Å². The maximum Gasteiger partial charge on any atom is 0.321 e. The number of nitrogens with zero attached hydrogens (tertiary/aromatic N) is 2. The molecule has 1 saturated heterocycles. The minimum absolute atomic E-state index is 0.00550. The fourth-order valence-corrected chi connectivity index (χ4v) is 3.15. The number of hydrogen-bond donors (Lipinski definition) is 3. The molecule has 150 valence electrons. The van der Waals surface area contributed by atoms with Crippen LogP contribution in [0.5, 0.6) is 0 Å². The number of carbonyl (C=O) groups excluding carboxylic acids is 1. The van der Waals surface area contributed by atoms with E-state index < -0.39 is 0 Å². The number of amides is 2. The average molecular weight is 374 g/mol. The van der Waals surface area contributed by atoms with Crippen molar-refractivity contribution in [3.05, 3.63) is 29.8 Å². The van der Waals surface area contributed by atoms with Crippen molar-refractivity contribution < 1.29 is 4.79 Å². The van der Waals surface area contributed by atoms with Gasteiger partial charge in [-0.2, -0.15) is 0 Å². The summed E-state index contributed by atoms with van der Waals surface area (Å²) in [6.45, 7) is 9.03. The van der Waals surface area contributed by atoms with E-state index in [1.165, 1.54) is 6.42 Å². The van der Waals surface area contributed by atoms with Gasteiger partial charge in [-0.1, -0.05) is 26.0 Å². The summed E-state index contributed by atoms with van der Waals surface area (Å²) in [7, 11) is 1.79. The third kappa shape index (κ3) is 7.49. The number of carbonyl (C=O) groups is 1. The molecule has 0 aliphatic carbocycles. The van der Waals surface area contributed by atoms with Gasteiger partial charge in [-0.05, 0) is 56.2 Å². The first kappa shape index (κ1) is 21.1. The van der Waals surface area contributed by atoms with Gasteiger partial charge in [0.05, 0.1) is 0 Å². The molecule has 0 radical (unpaired) electrons. The van der Waals surface area contributed by atoms with Crippen molar-refractivity contribution >= 4 is 17.7 Å². The Morgan fingerprint density at radius 3 is 2.59 bits per heavy atom. The molecule has 2 amide bonds. The Bertz CT molecular complexity index is 623. The Balaban J connectivity index is 1.82. The lowest BCUT2D eigenvalue weighted by Crippen LogP contribution is -2.41. The van der Waals surface area contributed by atoms with E-state index in [0.29, 0.717) is 18.5 Å². The number of likely N-dealkylation sites (tertiary alicyclic amines) is 1. The summed E-state index contributed by atoms with van der Waals surface area (Å²) < 4.78 is 0. The molecule has 6 heteroatoms. The predicted octanol–water partition coefficient (Wildman–Crippen LogP) is 3.80. The summed E-state index contributed by atoms with van der Waals surface area (Å²) in [5, 5.41) is 9.79. The standard InChI is InChI=1S/C21H35N5O/c1-16(2)10-11-17(3)24-20(22-4)23-15-18-8-7-9-19(14-18)25-21(27)26-12-5-6-13-26/h7-9,14,16-17H,5-6,10-13,15H2,1-4H3,(H,25,27)(H2,22,23,24). The molecule has 1 aromatic rings. The molecular formula is C21H35N5O. The van der Waals surface area contributed by atoms with E-state index in [2.05, 4.69) is 41.7 Å². The molecule has 1 aliphatic rings. The molecule has 1 heterocycles. The fourth-order valence-electron chi connectivity index (χ4n) is 3.15. The highest BCUT2D eigenvalue weighted by Crippen LogP contribution is 2.14. The largest absolute Gasteiger partial charge is 0.354 e. The zero-order chi connectivity index (χ0) is 19.6. The van der Waals surface area contributed by atoms with Gasteiger partial charge in [0.1, 0.15) is 0 Å². The van der Waals surface area contributed by atoms with Crippen molar-refractivity contribution in [2.75, 3.05) is 25.5 Å². The Morgan fingerprint density at radius 2 is 1.93 bits per heavy atom. The first-order chi connectivity index (χ1) is 13.0. The van der Waals surface area contributed by atoms with Crippen LogP contribution < -0.4 is 16.0 Å². The molecule has 0 saturated carbocycles. The summed E-state index contributed by atoms with van der Waals surface area (Å²) in [4.78, 5) is 18.4. The Labute approximate surface area is 163 Å². The number of hydrogen-bond acceptors (Lipinski definition) is 2. The smallest absolute Gasteiger partial charge is 0.321 e. The topological polar surface area (TPSA) is 68.8 Å². The van der Waals surface area contributed by atoms with Crippen molar-refractivity contribution in [1.82, 2.24) is 15.5 Å². The molecule has 0 bridgehead atoms. The number of guanidine groups is 1. The van der Waals surface area contributed by atoms with Crippen LogP contribution in [0, 0.1) is 5.92 Å². The van der Waals surface area contributed by atoms with Gasteiger partial charge in [-0.15, -0.1) is 0 Å². The highest BCUT2D eigenvalue weighted by atomic mass is 16.2. The van der Waals surface area contributed by atoms with Crippen molar-refractivity contribution in [2.45, 2.75) is 59.0 Å². The SMILES string of the molecule is CN=C(NCc1cccc(NC(=O)N2CCCC2)c1)NC(C)CCC(C)C. The summed E-state index contributed by atoms with van der Waals surface area (Å²) in [6.07, 6.45) is 4.51. The number of nitrogens with one attached hydrogen (secondary N) is 3. The van der Waals surface area contributed by atoms with Crippen LogP contribution in [0.2, 0.25) is 0 Å². The van der Waals surface area contributed by atoms with Gasteiger partial charge in [0.25, 0.3) is 0 Å². The molecule has 1 atom stereocenters. The van der Waals surface area contributed by atoms with Crippen LogP contribution in [-0.2, 0) is 6.54 Å². The van der Waals surface area contributed by atoms with Gasteiger partial charge in [-0.25, -0.2) is 4.79 Å². The molecule has 1 fully saturated rings. The molecule has 27 heavy (non-hydrogen) atoms. The van der Waals surface area contributed by atoms with Crippen LogP contribution in [0.3, 0.4) is 0 Å². The van der Waals surface area contributed by atoms with Gasteiger partial charge < -0.3 is 20.9 Å². The zero-order valence-electron chi connectivity index (χ0n) is 17.2. The zero-order valence-corrected chi connectivity index (χ0v) is 17.2. The Kier molecular flexibility index (Phi) is 8.43. The third-order valence-electron chi connectivity index (χ3n) is 4.82. The predicted molar refractivity (Wildman–Crippen MR) is 113 cm³/mol. The van der Waals surface area contributed by atoms with Crippen LogP contribution in [0.4, 0.5) is 10.5 Å². The molecule has 2 rings (SSSR count). The van der Waals surface area contributed by atoms with Gasteiger partial charge >= 0.3 is 6.03 Å². The lowest BCUT2D eigenvalue weighted by molar-refractivity contribution is 0.222. The molecular weight excluding hydrogens is 338 g/mol. The van der Waals surface area contributed by atoms with Crippen molar-refractivity contribution in [2.24, 2.45) is 10.9 Å². The Morgan fingerprint density at radius 1 is 1.19 bits per heavy atom. The monoisotopic (exact) mass is 373 g/mol. The number of aliphatic imine (C=N–C) groups is 1. The molecule has 1 unspecified atom stereocenters. The van der Waals surface area contributed by atoms with Crippen LogP contribution >= 0.6 is 0 Å². The highest BCUT2D eigenvalue weighted by Gasteiger charge is 2.17. The van der Waals surface area contributed by atoms with Gasteiger partial charge in [0.15, 0.2) is 5.96 Å². The van der Waals surface area contributed by atoms with Crippen molar-refractivity contribution in [1.29, 1.82) is 0 Å². The second-order valence-corrected chi connectivity index (χ2v) is 7.77. The van der Waals surface area contributed by atoms with E-state index in [1.807, 2.05) is 29.2 Å². The maximum absolute atomic E-state index is 12.2. The molecule has 1 aliphatic heterocycles. The second kappa shape index (κ2) is 10.8.